The fourth-order valence-electron chi connectivity index (χ4n) is 2.45. The van der Waals surface area contributed by atoms with Gasteiger partial charge in [0.1, 0.15) is 5.60 Å². The number of nitrogens with one attached hydrogen (secondary N) is 1. The van der Waals surface area contributed by atoms with Gasteiger partial charge in [0.25, 0.3) is 0 Å². The van der Waals surface area contributed by atoms with E-state index in [1.165, 1.54) is 0 Å². The first-order chi connectivity index (χ1) is 10.3. The van der Waals surface area contributed by atoms with Crippen molar-refractivity contribution in [2.45, 2.75) is 65.1 Å². The van der Waals surface area contributed by atoms with Crippen LogP contribution < -0.4 is 5.32 Å². The van der Waals surface area contributed by atoms with E-state index in [1.807, 2.05) is 20.8 Å². The van der Waals surface area contributed by atoms with E-state index in [1.54, 1.807) is 11.8 Å². The molecule has 0 radical (unpaired) electrons. The Kier molecular flexibility index (Phi) is 5.39. The summed E-state index contributed by atoms with van der Waals surface area (Å²) in [4.78, 5) is 18.1. The third-order valence-corrected chi connectivity index (χ3v) is 3.49. The largest absolute Gasteiger partial charge is 0.444 e. The molecule has 124 valence electrons. The topological polar surface area (TPSA) is 80.5 Å². The van der Waals surface area contributed by atoms with Crippen LogP contribution in [0.1, 0.15) is 51.7 Å². The quantitative estimate of drug-likeness (QED) is 0.922. The van der Waals surface area contributed by atoms with Crippen molar-refractivity contribution in [3.05, 3.63) is 11.7 Å². The molecule has 1 fully saturated rings. The zero-order chi connectivity index (χ0) is 16.2. The summed E-state index contributed by atoms with van der Waals surface area (Å²) in [5.74, 6) is 1.25. The Labute approximate surface area is 131 Å². The smallest absolute Gasteiger partial charge is 0.410 e. The third kappa shape index (κ3) is 5.29. The number of ether oxygens (including phenoxy) is 1. The van der Waals surface area contributed by atoms with Crippen molar-refractivity contribution in [3.8, 4) is 0 Å². The lowest BCUT2D eigenvalue weighted by atomic mass is 10.1. The highest BCUT2D eigenvalue weighted by Crippen LogP contribution is 2.15. The minimum atomic E-state index is -0.448. The summed E-state index contributed by atoms with van der Waals surface area (Å²) in [6.45, 7) is 9.48. The van der Waals surface area contributed by atoms with Crippen LogP contribution in [0.4, 0.5) is 4.79 Å². The van der Waals surface area contributed by atoms with Gasteiger partial charge in [0.05, 0.1) is 6.54 Å². The van der Waals surface area contributed by atoms with Crippen LogP contribution in [0, 0.1) is 6.92 Å². The number of likely N-dealkylation sites (tertiary alicyclic amines) is 1. The summed E-state index contributed by atoms with van der Waals surface area (Å²) in [5.41, 5.74) is -0.448. The summed E-state index contributed by atoms with van der Waals surface area (Å²) >= 11 is 0. The molecule has 7 nitrogen and oxygen atoms in total. The summed E-state index contributed by atoms with van der Waals surface area (Å²) in [6.07, 6.45) is 2.65. The summed E-state index contributed by atoms with van der Waals surface area (Å²) < 4.78 is 10.5. The molecule has 1 amide bonds. The molecule has 1 aromatic heterocycles. The zero-order valence-electron chi connectivity index (χ0n) is 13.9. The summed E-state index contributed by atoms with van der Waals surface area (Å²) in [7, 11) is 0. The molecular weight excluding hydrogens is 284 g/mol. The number of rotatable bonds is 3. The Morgan fingerprint density at radius 3 is 2.82 bits per heavy atom. The second kappa shape index (κ2) is 7.09. The lowest BCUT2D eigenvalue weighted by Gasteiger charge is -2.26. The van der Waals surface area contributed by atoms with E-state index < -0.39 is 5.60 Å². The third-order valence-electron chi connectivity index (χ3n) is 3.49. The van der Waals surface area contributed by atoms with Gasteiger partial charge in [0.2, 0.25) is 5.89 Å². The first kappa shape index (κ1) is 16.7. The Hall–Kier alpha value is -1.63. The predicted octanol–water partition coefficient (Wildman–Crippen LogP) is 2.26. The standard InChI is InChI=1S/C15H26N4O3/c1-11-17-13(22-18-11)10-16-12-6-5-8-19(9-7-12)14(20)21-15(2,3)4/h12,16H,5-10H2,1-4H3. The normalized spacial score (nSPS) is 19.8. The van der Waals surface area contributed by atoms with E-state index in [4.69, 9.17) is 9.26 Å². The van der Waals surface area contributed by atoms with Crippen molar-refractivity contribution in [1.29, 1.82) is 0 Å². The van der Waals surface area contributed by atoms with E-state index in [0.717, 1.165) is 25.8 Å². The van der Waals surface area contributed by atoms with Gasteiger partial charge in [0, 0.05) is 19.1 Å². The molecule has 22 heavy (non-hydrogen) atoms. The van der Waals surface area contributed by atoms with Crippen LogP contribution in [0.15, 0.2) is 4.52 Å². The fourth-order valence-corrected chi connectivity index (χ4v) is 2.45. The minimum Gasteiger partial charge on any atom is -0.444 e. The molecule has 2 rings (SSSR count). The maximum Gasteiger partial charge on any atom is 0.410 e. The molecule has 1 saturated heterocycles. The average Bonchev–Trinajstić information content (AvgIpc) is 2.69. The van der Waals surface area contributed by atoms with Crippen molar-refractivity contribution in [2.24, 2.45) is 0 Å². The molecule has 0 aliphatic carbocycles. The second-order valence-corrected chi connectivity index (χ2v) is 6.71. The number of carbonyl (C=O) groups excluding carboxylic acids is 1. The molecule has 1 unspecified atom stereocenters. The van der Waals surface area contributed by atoms with Crippen molar-refractivity contribution in [1.82, 2.24) is 20.4 Å². The van der Waals surface area contributed by atoms with Crippen LogP contribution in [0.5, 0.6) is 0 Å². The van der Waals surface area contributed by atoms with Gasteiger partial charge in [-0.1, -0.05) is 5.16 Å². The Morgan fingerprint density at radius 1 is 1.41 bits per heavy atom. The maximum absolute atomic E-state index is 12.1. The summed E-state index contributed by atoms with van der Waals surface area (Å²) in [6, 6.07) is 0.347. The van der Waals surface area contributed by atoms with Gasteiger partial charge in [-0.25, -0.2) is 4.79 Å². The molecule has 1 atom stereocenters. The molecule has 0 aromatic carbocycles. The highest BCUT2D eigenvalue weighted by molar-refractivity contribution is 5.68. The Balaban J connectivity index is 1.78. The van der Waals surface area contributed by atoms with Gasteiger partial charge in [-0.3, -0.25) is 0 Å². The van der Waals surface area contributed by atoms with Gasteiger partial charge < -0.3 is 19.5 Å². The highest BCUT2D eigenvalue weighted by Gasteiger charge is 2.25. The number of nitrogens with zero attached hydrogens (tertiary/aromatic N) is 3. The van der Waals surface area contributed by atoms with E-state index >= 15 is 0 Å². The van der Waals surface area contributed by atoms with Gasteiger partial charge in [0.15, 0.2) is 5.82 Å². The van der Waals surface area contributed by atoms with Crippen LogP contribution in [0.2, 0.25) is 0 Å². The van der Waals surface area contributed by atoms with Crippen LogP contribution in [0.3, 0.4) is 0 Å². The van der Waals surface area contributed by atoms with Crippen molar-refractivity contribution >= 4 is 6.09 Å². The number of hydrogen-bond acceptors (Lipinski definition) is 6. The van der Waals surface area contributed by atoms with Crippen molar-refractivity contribution in [3.63, 3.8) is 0 Å². The van der Waals surface area contributed by atoms with Crippen LogP contribution in [-0.2, 0) is 11.3 Å². The first-order valence-electron chi connectivity index (χ1n) is 7.84. The Bertz CT molecular complexity index is 495. The Morgan fingerprint density at radius 2 is 2.18 bits per heavy atom. The van der Waals surface area contributed by atoms with Gasteiger partial charge in [-0.2, -0.15) is 4.98 Å². The van der Waals surface area contributed by atoms with E-state index in [0.29, 0.717) is 30.8 Å². The van der Waals surface area contributed by atoms with Gasteiger partial charge >= 0.3 is 6.09 Å². The number of aryl methyl sites for hydroxylation is 1. The van der Waals surface area contributed by atoms with Crippen LogP contribution in [0.25, 0.3) is 0 Å². The van der Waals surface area contributed by atoms with E-state index in [2.05, 4.69) is 15.5 Å². The molecule has 0 bridgehead atoms. The highest BCUT2D eigenvalue weighted by atomic mass is 16.6. The molecule has 7 heteroatoms. The molecule has 1 aromatic rings. The zero-order valence-corrected chi connectivity index (χ0v) is 13.9. The average molecular weight is 310 g/mol. The lowest BCUT2D eigenvalue weighted by Crippen LogP contribution is -2.38. The number of aromatic nitrogens is 2. The van der Waals surface area contributed by atoms with E-state index in [-0.39, 0.29) is 6.09 Å². The molecule has 1 aliphatic heterocycles. The molecule has 2 heterocycles. The van der Waals surface area contributed by atoms with Gasteiger partial charge in [-0.05, 0) is 47.0 Å². The minimum absolute atomic E-state index is 0.222. The van der Waals surface area contributed by atoms with E-state index in [9.17, 15) is 4.79 Å². The molecule has 0 saturated carbocycles. The van der Waals surface area contributed by atoms with Gasteiger partial charge in [-0.15, -0.1) is 0 Å². The van der Waals surface area contributed by atoms with Crippen molar-refractivity contribution in [2.75, 3.05) is 13.1 Å². The molecular formula is C15H26N4O3. The van der Waals surface area contributed by atoms with Crippen LogP contribution in [-0.4, -0.2) is 45.9 Å². The SMILES string of the molecule is Cc1noc(CNC2CCCN(C(=O)OC(C)(C)C)CC2)n1. The fraction of sp³-hybridized carbons (Fsp3) is 0.800. The molecule has 1 aliphatic rings. The van der Waals surface area contributed by atoms with Crippen LogP contribution >= 0.6 is 0 Å². The number of amides is 1. The van der Waals surface area contributed by atoms with Crippen molar-refractivity contribution < 1.29 is 14.1 Å². The first-order valence-corrected chi connectivity index (χ1v) is 7.84. The maximum atomic E-state index is 12.1. The number of hydrogen-bond donors (Lipinski definition) is 1. The second-order valence-electron chi connectivity index (χ2n) is 6.71. The molecule has 1 N–H and O–H groups in total. The predicted molar refractivity (Wildman–Crippen MR) is 81.3 cm³/mol. The molecule has 0 spiro atoms. The lowest BCUT2D eigenvalue weighted by molar-refractivity contribution is 0.0256. The monoisotopic (exact) mass is 310 g/mol. The number of carbonyl (C=O) groups is 1. The summed E-state index contributed by atoms with van der Waals surface area (Å²) in [5, 5.41) is 7.20.